The van der Waals surface area contributed by atoms with Gasteiger partial charge in [-0.1, -0.05) is 17.1 Å². The molecule has 0 radical (unpaired) electrons. The minimum absolute atomic E-state index is 0.617. The first-order valence-electron chi connectivity index (χ1n) is 5.29. The third-order valence-corrected chi connectivity index (χ3v) is 3.23. The molecule has 0 amide bonds. The summed E-state index contributed by atoms with van der Waals surface area (Å²) in [5, 5.41) is 3.44. The van der Waals surface area contributed by atoms with Crippen LogP contribution in [-0.2, 0) is 0 Å². The molecule has 0 fully saturated rings. The van der Waals surface area contributed by atoms with Crippen LogP contribution in [0.3, 0.4) is 0 Å². The third-order valence-electron chi connectivity index (χ3n) is 3.23. The van der Waals surface area contributed by atoms with Gasteiger partial charge < -0.3 is 0 Å². The summed E-state index contributed by atoms with van der Waals surface area (Å²) < 4.78 is 0. The Morgan fingerprint density at radius 1 is 1.31 bits per heavy atom. The highest BCUT2D eigenvalue weighted by atomic mass is 14.9. The highest BCUT2D eigenvalue weighted by molar-refractivity contribution is 5.28. The first kappa shape index (κ1) is 8.84. The van der Waals surface area contributed by atoms with Crippen molar-refractivity contribution in [2.24, 2.45) is 0 Å². The first-order valence-corrected chi connectivity index (χ1v) is 5.29. The summed E-state index contributed by atoms with van der Waals surface area (Å²) in [6.45, 7) is 0.724. The summed E-state index contributed by atoms with van der Waals surface area (Å²) in [6, 6.07) is 0.617. The Balaban J connectivity index is 2.00. The van der Waals surface area contributed by atoms with E-state index >= 15 is 0 Å². The van der Waals surface area contributed by atoms with Gasteiger partial charge in [-0.2, -0.15) is 0 Å². The van der Waals surface area contributed by atoms with Crippen LogP contribution in [0.4, 0.5) is 0 Å². The molecule has 2 rings (SSSR count). The van der Waals surface area contributed by atoms with Crippen molar-refractivity contribution in [3.05, 3.63) is 11.1 Å². The molecule has 2 aliphatic rings. The summed E-state index contributed by atoms with van der Waals surface area (Å²) in [5.41, 5.74) is 3.43. The fourth-order valence-corrected chi connectivity index (χ4v) is 2.60. The normalized spacial score (nSPS) is 27.2. The first-order chi connectivity index (χ1) is 6.42. The second-order valence-corrected chi connectivity index (χ2v) is 4.01. The molecular weight excluding hydrogens is 158 g/mol. The molecular formula is C12H17N. The van der Waals surface area contributed by atoms with E-state index in [4.69, 9.17) is 6.42 Å². The zero-order valence-electron chi connectivity index (χ0n) is 8.10. The molecule has 2 aliphatic carbocycles. The minimum atomic E-state index is 0.617. The average Bonchev–Trinajstić information content (AvgIpc) is 2.58. The summed E-state index contributed by atoms with van der Waals surface area (Å²) in [7, 11) is 0. The molecule has 0 aromatic rings. The lowest BCUT2D eigenvalue weighted by Gasteiger charge is -2.19. The molecule has 1 heteroatoms. The predicted molar refractivity (Wildman–Crippen MR) is 55.4 cm³/mol. The molecule has 1 unspecified atom stereocenters. The van der Waals surface area contributed by atoms with Crippen LogP contribution in [0.15, 0.2) is 11.1 Å². The van der Waals surface area contributed by atoms with E-state index in [2.05, 4.69) is 11.2 Å². The van der Waals surface area contributed by atoms with E-state index in [1.165, 1.54) is 38.5 Å². The van der Waals surface area contributed by atoms with Crippen LogP contribution < -0.4 is 5.32 Å². The quantitative estimate of drug-likeness (QED) is 0.501. The number of hydrogen-bond acceptors (Lipinski definition) is 1. The molecule has 0 aromatic carbocycles. The smallest absolute Gasteiger partial charge is 0.0578 e. The van der Waals surface area contributed by atoms with Crippen molar-refractivity contribution >= 4 is 0 Å². The van der Waals surface area contributed by atoms with Crippen molar-refractivity contribution in [2.45, 2.75) is 44.6 Å². The SMILES string of the molecule is C#CCNC1CCC2=C1CCCC2. The van der Waals surface area contributed by atoms with E-state index in [0.29, 0.717) is 6.04 Å². The molecule has 0 heterocycles. The van der Waals surface area contributed by atoms with Gasteiger partial charge in [-0.15, -0.1) is 6.42 Å². The minimum Gasteiger partial charge on any atom is -0.300 e. The fourth-order valence-electron chi connectivity index (χ4n) is 2.60. The van der Waals surface area contributed by atoms with Crippen LogP contribution in [0.2, 0.25) is 0 Å². The molecule has 0 spiro atoms. The van der Waals surface area contributed by atoms with E-state index in [-0.39, 0.29) is 0 Å². The van der Waals surface area contributed by atoms with Crippen LogP contribution in [0.1, 0.15) is 38.5 Å². The van der Waals surface area contributed by atoms with E-state index in [1.807, 2.05) is 0 Å². The Bertz CT molecular complexity index is 257. The maximum atomic E-state index is 5.25. The lowest BCUT2D eigenvalue weighted by atomic mass is 9.92. The van der Waals surface area contributed by atoms with Gasteiger partial charge in [0.05, 0.1) is 6.54 Å². The second kappa shape index (κ2) is 3.98. The lowest BCUT2D eigenvalue weighted by molar-refractivity contribution is 0.576. The van der Waals surface area contributed by atoms with Gasteiger partial charge in [-0.05, 0) is 38.5 Å². The van der Waals surface area contributed by atoms with Crippen molar-refractivity contribution < 1.29 is 0 Å². The standard InChI is InChI=1S/C12H17N/c1-2-9-13-12-8-7-10-5-3-4-6-11(10)12/h1,12-13H,3-9H2. The number of allylic oxidation sites excluding steroid dienone is 1. The second-order valence-electron chi connectivity index (χ2n) is 4.01. The highest BCUT2D eigenvalue weighted by Crippen LogP contribution is 2.36. The van der Waals surface area contributed by atoms with Gasteiger partial charge >= 0.3 is 0 Å². The van der Waals surface area contributed by atoms with E-state index in [0.717, 1.165) is 6.54 Å². The van der Waals surface area contributed by atoms with Crippen LogP contribution in [-0.4, -0.2) is 12.6 Å². The molecule has 0 saturated carbocycles. The van der Waals surface area contributed by atoms with Gasteiger partial charge in [0.2, 0.25) is 0 Å². The van der Waals surface area contributed by atoms with E-state index in [9.17, 15) is 0 Å². The predicted octanol–water partition coefficient (Wildman–Crippen LogP) is 2.24. The Morgan fingerprint density at radius 3 is 3.00 bits per heavy atom. The molecule has 1 nitrogen and oxygen atoms in total. The third kappa shape index (κ3) is 1.78. The van der Waals surface area contributed by atoms with Crippen molar-refractivity contribution in [1.82, 2.24) is 5.32 Å². The summed E-state index contributed by atoms with van der Waals surface area (Å²) in [6.07, 6.45) is 13.3. The monoisotopic (exact) mass is 175 g/mol. The van der Waals surface area contributed by atoms with Gasteiger partial charge in [0.15, 0.2) is 0 Å². The van der Waals surface area contributed by atoms with E-state index < -0.39 is 0 Å². The molecule has 13 heavy (non-hydrogen) atoms. The fraction of sp³-hybridized carbons (Fsp3) is 0.667. The average molecular weight is 175 g/mol. The van der Waals surface area contributed by atoms with Gasteiger partial charge in [-0.25, -0.2) is 0 Å². The van der Waals surface area contributed by atoms with Crippen molar-refractivity contribution in [2.75, 3.05) is 6.54 Å². The van der Waals surface area contributed by atoms with Gasteiger partial charge in [0.25, 0.3) is 0 Å². The summed E-state index contributed by atoms with van der Waals surface area (Å²) in [4.78, 5) is 0. The Morgan fingerprint density at radius 2 is 2.15 bits per heavy atom. The van der Waals surface area contributed by atoms with Crippen LogP contribution in [0.25, 0.3) is 0 Å². The molecule has 1 atom stereocenters. The summed E-state index contributed by atoms with van der Waals surface area (Å²) in [5.74, 6) is 2.66. The molecule has 0 bridgehead atoms. The largest absolute Gasteiger partial charge is 0.300 e. The van der Waals surface area contributed by atoms with Crippen molar-refractivity contribution in [3.63, 3.8) is 0 Å². The number of nitrogens with one attached hydrogen (secondary N) is 1. The number of terminal acetylenes is 1. The Kier molecular flexibility index (Phi) is 2.71. The lowest BCUT2D eigenvalue weighted by Crippen LogP contribution is -2.29. The maximum Gasteiger partial charge on any atom is 0.0578 e. The molecule has 0 aliphatic heterocycles. The highest BCUT2D eigenvalue weighted by Gasteiger charge is 2.25. The summed E-state index contributed by atoms with van der Waals surface area (Å²) >= 11 is 0. The van der Waals surface area contributed by atoms with E-state index in [1.54, 1.807) is 11.1 Å². The molecule has 0 aromatic heterocycles. The van der Waals surface area contributed by atoms with Crippen molar-refractivity contribution in [1.29, 1.82) is 0 Å². The van der Waals surface area contributed by atoms with Gasteiger partial charge in [-0.3, -0.25) is 5.32 Å². The Labute approximate surface area is 80.6 Å². The molecule has 0 saturated heterocycles. The zero-order chi connectivity index (χ0) is 9.10. The van der Waals surface area contributed by atoms with Crippen molar-refractivity contribution in [3.8, 4) is 12.3 Å². The molecule has 1 N–H and O–H groups in total. The van der Waals surface area contributed by atoms with Gasteiger partial charge in [0.1, 0.15) is 0 Å². The number of hydrogen-bond donors (Lipinski definition) is 1. The van der Waals surface area contributed by atoms with Crippen LogP contribution >= 0.6 is 0 Å². The maximum absolute atomic E-state index is 5.25. The van der Waals surface area contributed by atoms with Crippen LogP contribution in [0.5, 0.6) is 0 Å². The topological polar surface area (TPSA) is 12.0 Å². The molecule has 70 valence electrons. The Hall–Kier alpha value is -0.740. The van der Waals surface area contributed by atoms with Crippen LogP contribution in [0, 0.1) is 12.3 Å². The van der Waals surface area contributed by atoms with Gasteiger partial charge in [0, 0.05) is 6.04 Å². The zero-order valence-corrected chi connectivity index (χ0v) is 8.10. The number of rotatable bonds is 2.